The van der Waals surface area contributed by atoms with E-state index in [4.69, 9.17) is 14.8 Å². The zero-order chi connectivity index (χ0) is 11.3. The maximum absolute atomic E-state index is 9.02. The molecule has 0 amide bonds. The van der Waals surface area contributed by atoms with Crippen molar-refractivity contribution >= 4 is 12.6 Å². The fourth-order valence-electron chi connectivity index (χ4n) is 1.36. The molecular formula is C11H21BO3. The molecule has 0 saturated carbocycles. The van der Waals surface area contributed by atoms with Crippen LogP contribution in [0.3, 0.4) is 0 Å². The van der Waals surface area contributed by atoms with Crippen molar-refractivity contribution in [2.24, 2.45) is 0 Å². The van der Waals surface area contributed by atoms with Gasteiger partial charge in [-0.25, -0.2) is 0 Å². The Morgan fingerprint density at radius 2 is 2.13 bits per heavy atom. The number of rotatable bonds is 5. The molecule has 0 aliphatic heterocycles. The van der Waals surface area contributed by atoms with Crippen molar-refractivity contribution in [3.05, 3.63) is 23.8 Å². The SMILES string of the molecule is CCCCOc1ccc(B(O)O)c(C)c1.[HH].[HH]. The van der Waals surface area contributed by atoms with Crippen LogP contribution in [0.5, 0.6) is 5.75 Å². The summed E-state index contributed by atoms with van der Waals surface area (Å²) in [4.78, 5) is 0. The van der Waals surface area contributed by atoms with Crippen LogP contribution >= 0.6 is 0 Å². The minimum Gasteiger partial charge on any atom is -0.494 e. The lowest BCUT2D eigenvalue weighted by atomic mass is 9.77. The molecular weight excluding hydrogens is 191 g/mol. The van der Waals surface area contributed by atoms with Crippen molar-refractivity contribution in [3.63, 3.8) is 0 Å². The largest absolute Gasteiger partial charge is 0.494 e. The molecule has 0 spiro atoms. The van der Waals surface area contributed by atoms with E-state index in [1.165, 1.54) is 0 Å². The summed E-state index contributed by atoms with van der Waals surface area (Å²) in [5.74, 6) is 0.783. The van der Waals surface area contributed by atoms with Gasteiger partial charge in [0.1, 0.15) is 5.75 Å². The molecule has 0 saturated heterocycles. The van der Waals surface area contributed by atoms with Gasteiger partial charge in [0.25, 0.3) is 0 Å². The second-order valence-electron chi connectivity index (χ2n) is 3.59. The molecule has 1 rings (SSSR count). The molecule has 4 heteroatoms. The lowest BCUT2D eigenvalue weighted by Gasteiger charge is -2.09. The summed E-state index contributed by atoms with van der Waals surface area (Å²) in [6, 6.07) is 5.27. The van der Waals surface area contributed by atoms with Gasteiger partial charge in [-0.2, -0.15) is 0 Å². The zero-order valence-corrected chi connectivity index (χ0v) is 9.23. The van der Waals surface area contributed by atoms with Gasteiger partial charge >= 0.3 is 7.12 Å². The molecule has 0 aliphatic carbocycles. The van der Waals surface area contributed by atoms with E-state index >= 15 is 0 Å². The highest BCUT2D eigenvalue weighted by Crippen LogP contribution is 2.11. The van der Waals surface area contributed by atoms with Gasteiger partial charge in [0.05, 0.1) is 6.61 Å². The summed E-state index contributed by atoms with van der Waals surface area (Å²) in [7, 11) is -1.41. The quantitative estimate of drug-likeness (QED) is 0.572. The van der Waals surface area contributed by atoms with Crippen molar-refractivity contribution in [3.8, 4) is 5.75 Å². The van der Waals surface area contributed by atoms with Gasteiger partial charge in [0.15, 0.2) is 0 Å². The number of aryl methyl sites for hydroxylation is 1. The Hall–Kier alpha value is -0.995. The van der Waals surface area contributed by atoms with Crippen LogP contribution in [-0.4, -0.2) is 23.8 Å². The Bertz CT molecular complexity index is 322. The standard InChI is InChI=1S/C11H17BO3.2H2/c1-3-4-7-15-10-5-6-11(12(13)14)9(2)8-10;;/h5-6,8,13-14H,3-4,7H2,1-2H3;2*1H. The minimum atomic E-state index is -1.41. The normalized spacial score (nSPS) is 10.1. The van der Waals surface area contributed by atoms with Crippen LogP contribution in [0.15, 0.2) is 18.2 Å². The number of ether oxygens (including phenoxy) is 1. The van der Waals surface area contributed by atoms with E-state index < -0.39 is 7.12 Å². The average Bonchev–Trinajstić information content (AvgIpc) is 2.17. The predicted molar refractivity (Wildman–Crippen MR) is 65.6 cm³/mol. The highest BCUT2D eigenvalue weighted by atomic mass is 16.5. The molecule has 0 unspecified atom stereocenters. The first-order valence-corrected chi connectivity index (χ1v) is 5.24. The predicted octanol–water partition coefficient (Wildman–Crippen LogP) is 1.35. The van der Waals surface area contributed by atoms with E-state index in [0.29, 0.717) is 12.1 Å². The summed E-state index contributed by atoms with van der Waals surface area (Å²) < 4.78 is 5.50. The Morgan fingerprint density at radius 3 is 2.67 bits per heavy atom. The van der Waals surface area contributed by atoms with Gasteiger partial charge in [0, 0.05) is 2.85 Å². The second-order valence-corrected chi connectivity index (χ2v) is 3.59. The Morgan fingerprint density at radius 1 is 1.40 bits per heavy atom. The van der Waals surface area contributed by atoms with E-state index in [9.17, 15) is 0 Å². The van der Waals surface area contributed by atoms with E-state index in [0.717, 1.165) is 24.2 Å². The van der Waals surface area contributed by atoms with Crippen molar-refractivity contribution < 1.29 is 17.6 Å². The second kappa shape index (κ2) is 5.78. The Labute approximate surface area is 93.8 Å². The average molecular weight is 212 g/mol. The highest BCUT2D eigenvalue weighted by Gasteiger charge is 2.13. The van der Waals surface area contributed by atoms with Crippen molar-refractivity contribution in [2.45, 2.75) is 26.7 Å². The topological polar surface area (TPSA) is 49.7 Å². The van der Waals surface area contributed by atoms with Crippen molar-refractivity contribution in [1.29, 1.82) is 0 Å². The Balaban J connectivity index is 0. The molecule has 0 bridgehead atoms. The van der Waals surface area contributed by atoms with Crippen LogP contribution in [0.1, 0.15) is 28.2 Å². The maximum atomic E-state index is 9.02. The smallest absolute Gasteiger partial charge is 0.488 e. The van der Waals surface area contributed by atoms with Crippen LogP contribution in [0.25, 0.3) is 0 Å². The van der Waals surface area contributed by atoms with Gasteiger partial charge in [-0.05, 0) is 36.5 Å². The van der Waals surface area contributed by atoms with E-state index in [1.807, 2.05) is 13.0 Å². The third-order valence-corrected chi connectivity index (χ3v) is 2.29. The van der Waals surface area contributed by atoms with Gasteiger partial charge < -0.3 is 14.8 Å². The summed E-state index contributed by atoms with van der Waals surface area (Å²) in [5, 5.41) is 18.0. The minimum absolute atomic E-state index is 0. The molecule has 2 N–H and O–H groups in total. The molecule has 15 heavy (non-hydrogen) atoms. The molecule has 1 aromatic rings. The zero-order valence-electron chi connectivity index (χ0n) is 9.23. The van der Waals surface area contributed by atoms with Crippen LogP contribution < -0.4 is 10.2 Å². The molecule has 0 fully saturated rings. The van der Waals surface area contributed by atoms with Crippen molar-refractivity contribution in [2.75, 3.05) is 6.61 Å². The first-order valence-electron chi connectivity index (χ1n) is 5.24. The van der Waals surface area contributed by atoms with Gasteiger partial charge in [-0.3, -0.25) is 0 Å². The first kappa shape index (κ1) is 12.1. The third kappa shape index (κ3) is 3.57. The molecule has 0 heterocycles. The fraction of sp³-hybridized carbons (Fsp3) is 0.455. The summed E-state index contributed by atoms with van der Waals surface area (Å²) in [6.07, 6.45) is 2.13. The third-order valence-electron chi connectivity index (χ3n) is 2.29. The lowest BCUT2D eigenvalue weighted by molar-refractivity contribution is 0.309. The van der Waals surface area contributed by atoms with Gasteiger partial charge in [-0.15, -0.1) is 0 Å². The first-order chi connectivity index (χ1) is 7.15. The lowest BCUT2D eigenvalue weighted by Crippen LogP contribution is -2.31. The van der Waals surface area contributed by atoms with Crippen LogP contribution in [0.4, 0.5) is 0 Å². The van der Waals surface area contributed by atoms with Crippen LogP contribution in [0, 0.1) is 6.92 Å². The molecule has 3 nitrogen and oxygen atoms in total. The number of unbranched alkanes of at least 4 members (excludes halogenated alkanes) is 1. The van der Waals surface area contributed by atoms with Gasteiger partial charge in [-0.1, -0.05) is 19.4 Å². The molecule has 0 aromatic heterocycles. The van der Waals surface area contributed by atoms with Gasteiger partial charge in [0.2, 0.25) is 0 Å². The van der Waals surface area contributed by atoms with Crippen molar-refractivity contribution in [1.82, 2.24) is 0 Å². The summed E-state index contributed by atoms with van der Waals surface area (Å²) >= 11 is 0. The molecule has 0 atom stereocenters. The molecule has 0 radical (unpaired) electrons. The molecule has 0 aliphatic rings. The fourth-order valence-corrected chi connectivity index (χ4v) is 1.36. The van der Waals surface area contributed by atoms with E-state index in [-0.39, 0.29) is 2.85 Å². The highest BCUT2D eigenvalue weighted by molar-refractivity contribution is 6.59. The summed E-state index contributed by atoms with van der Waals surface area (Å²) in [6.45, 7) is 4.65. The number of hydrogen-bond acceptors (Lipinski definition) is 3. The van der Waals surface area contributed by atoms with E-state index in [2.05, 4.69) is 6.92 Å². The summed E-state index contributed by atoms with van der Waals surface area (Å²) in [5.41, 5.74) is 1.36. The van der Waals surface area contributed by atoms with Crippen LogP contribution in [-0.2, 0) is 0 Å². The molecule has 86 valence electrons. The number of benzene rings is 1. The monoisotopic (exact) mass is 212 g/mol. The number of hydrogen-bond donors (Lipinski definition) is 2. The molecule has 1 aromatic carbocycles. The maximum Gasteiger partial charge on any atom is 0.488 e. The Kier molecular flexibility index (Phi) is 4.65. The van der Waals surface area contributed by atoms with E-state index in [1.54, 1.807) is 12.1 Å². The van der Waals surface area contributed by atoms with Crippen LogP contribution in [0.2, 0.25) is 0 Å².